The van der Waals surface area contributed by atoms with Gasteiger partial charge in [-0.2, -0.15) is 0 Å². The Balaban J connectivity index is 1.81. The van der Waals surface area contributed by atoms with Crippen molar-refractivity contribution in [2.75, 3.05) is 6.61 Å². The third-order valence-electron chi connectivity index (χ3n) is 8.41. The number of fused-ring (bicyclic) bond motifs is 2. The average molecular weight is 348 g/mol. The van der Waals surface area contributed by atoms with Crippen molar-refractivity contribution in [1.29, 1.82) is 0 Å². The van der Waals surface area contributed by atoms with Crippen LogP contribution in [0.2, 0.25) is 0 Å². The monoisotopic (exact) mass is 348 g/mol. The molecule has 0 radical (unpaired) electrons. The van der Waals surface area contributed by atoms with Gasteiger partial charge >= 0.3 is 5.97 Å². The Morgan fingerprint density at radius 3 is 2.64 bits per heavy atom. The molecule has 2 saturated carbocycles. The fourth-order valence-electron chi connectivity index (χ4n) is 6.83. The van der Waals surface area contributed by atoms with Gasteiger partial charge in [0.25, 0.3) is 0 Å². The van der Waals surface area contributed by atoms with Gasteiger partial charge in [-0.25, -0.2) is 4.79 Å². The summed E-state index contributed by atoms with van der Waals surface area (Å²) in [6, 6.07) is 0. The first-order valence-electron chi connectivity index (χ1n) is 9.92. The van der Waals surface area contributed by atoms with E-state index < -0.39 is 11.2 Å². The molecule has 0 amide bonds. The van der Waals surface area contributed by atoms with E-state index in [1.165, 1.54) is 12.8 Å². The third kappa shape index (κ3) is 2.16. The van der Waals surface area contributed by atoms with Crippen molar-refractivity contribution in [2.24, 2.45) is 35.0 Å². The summed E-state index contributed by atoms with van der Waals surface area (Å²) in [4.78, 5) is 12.6. The Morgan fingerprint density at radius 1 is 1.28 bits per heavy atom. The lowest BCUT2D eigenvalue weighted by atomic mass is 9.62. The van der Waals surface area contributed by atoms with Gasteiger partial charge in [-0.3, -0.25) is 0 Å². The second kappa shape index (κ2) is 5.32. The Kier molecular flexibility index (Phi) is 3.73. The molecule has 0 aromatic heterocycles. The van der Waals surface area contributed by atoms with Crippen LogP contribution in [-0.4, -0.2) is 34.0 Å². The Morgan fingerprint density at radius 2 is 2.00 bits per heavy atom. The van der Waals surface area contributed by atoms with Crippen molar-refractivity contribution in [3.8, 4) is 0 Å². The van der Waals surface area contributed by atoms with Crippen LogP contribution < -0.4 is 0 Å². The summed E-state index contributed by atoms with van der Waals surface area (Å²) in [5, 5.41) is 21.5. The van der Waals surface area contributed by atoms with Gasteiger partial charge in [0.1, 0.15) is 11.2 Å². The van der Waals surface area contributed by atoms with E-state index in [0.29, 0.717) is 24.2 Å². The highest BCUT2D eigenvalue weighted by molar-refractivity contribution is 5.91. The van der Waals surface area contributed by atoms with Gasteiger partial charge in [-0.1, -0.05) is 26.8 Å². The maximum Gasteiger partial charge on any atom is 0.334 e. The molecule has 4 heteroatoms. The average Bonchev–Trinajstić information content (AvgIpc) is 2.92. The largest absolute Gasteiger partial charge is 0.453 e. The summed E-state index contributed by atoms with van der Waals surface area (Å²) in [6.07, 6.45) is 6.93. The normalized spacial score (nSPS) is 53.7. The molecule has 4 nitrogen and oxygen atoms in total. The molecule has 7 atom stereocenters. The van der Waals surface area contributed by atoms with Crippen molar-refractivity contribution in [1.82, 2.24) is 0 Å². The molecule has 25 heavy (non-hydrogen) atoms. The van der Waals surface area contributed by atoms with Gasteiger partial charge in [0, 0.05) is 17.4 Å². The highest BCUT2D eigenvalue weighted by atomic mass is 16.6. The SMILES string of the molecule is CC(C)[C@H]1CC[C@]2(C)C[C@H]3[C@@H]4C[C@@](C)(OC(=O)/C4=C/C[C@@H]12)[C@]3(O)CO. The predicted octanol–water partition coefficient (Wildman–Crippen LogP) is 3.07. The van der Waals surface area contributed by atoms with E-state index in [1.807, 2.05) is 0 Å². The molecule has 3 fully saturated rings. The Bertz CT molecular complexity index is 625. The highest BCUT2D eigenvalue weighted by Crippen LogP contribution is 2.63. The van der Waals surface area contributed by atoms with Crippen molar-refractivity contribution in [3.05, 3.63) is 11.6 Å². The van der Waals surface area contributed by atoms with E-state index in [2.05, 4.69) is 26.8 Å². The molecule has 0 aromatic rings. The first-order chi connectivity index (χ1) is 11.7. The first kappa shape index (κ1) is 17.5. The standard InChI is InChI=1S/C21H32O4/c1-12(2)13-7-8-19(3)10-17-15-9-20(4,21(17,24)11-22)25-18(23)14(15)5-6-16(13)19/h5,12-13,15-17,22,24H,6-11H2,1-4H3/b14-5+/t13-,15-,16+,17+,19-,20-,21+/m1/s1. The molecule has 1 saturated heterocycles. The number of hydrogen-bond donors (Lipinski definition) is 2. The fraction of sp³-hybridized carbons (Fsp3) is 0.857. The quantitative estimate of drug-likeness (QED) is 0.753. The maximum atomic E-state index is 12.6. The fourth-order valence-corrected chi connectivity index (χ4v) is 6.83. The molecule has 2 N–H and O–H groups in total. The molecule has 0 unspecified atom stereocenters. The Labute approximate surface area is 150 Å². The first-order valence-corrected chi connectivity index (χ1v) is 9.92. The summed E-state index contributed by atoms with van der Waals surface area (Å²) < 4.78 is 5.71. The van der Waals surface area contributed by atoms with Crippen LogP contribution in [0.25, 0.3) is 0 Å². The van der Waals surface area contributed by atoms with E-state index in [1.54, 1.807) is 6.92 Å². The Hall–Kier alpha value is -0.870. The summed E-state index contributed by atoms with van der Waals surface area (Å²) in [6.45, 7) is 8.41. The van der Waals surface area contributed by atoms with Crippen LogP contribution in [0.5, 0.6) is 0 Å². The molecular weight excluding hydrogens is 316 g/mol. The predicted molar refractivity (Wildman–Crippen MR) is 94.6 cm³/mol. The molecule has 2 bridgehead atoms. The lowest BCUT2D eigenvalue weighted by Gasteiger charge is -2.44. The van der Waals surface area contributed by atoms with Crippen LogP contribution in [0, 0.1) is 35.0 Å². The number of rotatable bonds is 2. The van der Waals surface area contributed by atoms with Crippen molar-refractivity contribution >= 4 is 5.97 Å². The number of allylic oxidation sites excluding steroid dienone is 1. The zero-order chi connectivity index (χ0) is 18.2. The number of aliphatic hydroxyl groups excluding tert-OH is 1. The molecule has 3 aliphatic carbocycles. The molecular formula is C21H32O4. The van der Waals surface area contributed by atoms with Crippen LogP contribution in [0.3, 0.4) is 0 Å². The van der Waals surface area contributed by atoms with E-state index in [0.717, 1.165) is 18.4 Å². The lowest BCUT2D eigenvalue weighted by Crippen LogP contribution is -2.56. The summed E-state index contributed by atoms with van der Waals surface area (Å²) in [5.74, 6) is 1.44. The van der Waals surface area contributed by atoms with Crippen molar-refractivity contribution in [3.63, 3.8) is 0 Å². The van der Waals surface area contributed by atoms with Crippen molar-refractivity contribution < 1.29 is 19.7 Å². The van der Waals surface area contributed by atoms with Crippen LogP contribution in [0.1, 0.15) is 59.8 Å². The molecule has 1 heterocycles. The van der Waals surface area contributed by atoms with Crippen LogP contribution >= 0.6 is 0 Å². The topological polar surface area (TPSA) is 66.8 Å². The van der Waals surface area contributed by atoms with Crippen LogP contribution in [0.15, 0.2) is 11.6 Å². The summed E-state index contributed by atoms with van der Waals surface area (Å²) in [7, 11) is 0. The van der Waals surface area contributed by atoms with E-state index in [9.17, 15) is 15.0 Å². The number of hydrogen-bond acceptors (Lipinski definition) is 4. The number of aliphatic hydroxyl groups is 2. The zero-order valence-electron chi connectivity index (χ0n) is 15.9. The van der Waals surface area contributed by atoms with E-state index in [4.69, 9.17) is 4.74 Å². The van der Waals surface area contributed by atoms with E-state index >= 15 is 0 Å². The number of ether oxygens (including phenoxy) is 1. The molecule has 1 aliphatic heterocycles. The molecule has 0 aromatic carbocycles. The summed E-state index contributed by atoms with van der Waals surface area (Å²) in [5.41, 5.74) is -1.41. The van der Waals surface area contributed by atoms with Gasteiger partial charge in [-0.05, 0) is 62.2 Å². The molecule has 4 rings (SSSR count). The summed E-state index contributed by atoms with van der Waals surface area (Å²) >= 11 is 0. The van der Waals surface area contributed by atoms with Gasteiger partial charge in [0.15, 0.2) is 0 Å². The van der Waals surface area contributed by atoms with Gasteiger partial charge in [0.05, 0.1) is 6.61 Å². The maximum absolute atomic E-state index is 12.6. The van der Waals surface area contributed by atoms with Crippen LogP contribution in [-0.2, 0) is 9.53 Å². The number of carbonyl (C=O) groups excluding carboxylic acids is 1. The smallest absolute Gasteiger partial charge is 0.334 e. The van der Waals surface area contributed by atoms with Gasteiger partial charge in [-0.15, -0.1) is 0 Å². The zero-order valence-corrected chi connectivity index (χ0v) is 15.9. The second-order valence-corrected chi connectivity index (χ2v) is 9.93. The minimum atomic E-state index is -1.34. The number of carbonyl (C=O) groups is 1. The van der Waals surface area contributed by atoms with E-state index in [-0.39, 0.29) is 29.8 Å². The minimum absolute atomic E-state index is 0.0132. The van der Waals surface area contributed by atoms with Crippen molar-refractivity contribution in [2.45, 2.75) is 71.0 Å². The van der Waals surface area contributed by atoms with Crippen LogP contribution in [0.4, 0.5) is 0 Å². The van der Waals surface area contributed by atoms with Gasteiger partial charge < -0.3 is 14.9 Å². The highest BCUT2D eigenvalue weighted by Gasteiger charge is 2.68. The molecule has 140 valence electrons. The van der Waals surface area contributed by atoms with Gasteiger partial charge in [0.2, 0.25) is 0 Å². The third-order valence-corrected chi connectivity index (χ3v) is 8.41. The number of esters is 1. The lowest BCUT2D eigenvalue weighted by molar-refractivity contribution is -0.196. The second-order valence-electron chi connectivity index (χ2n) is 9.93. The molecule has 0 spiro atoms. The molecule has 4 aliphatic rings. The minimum Gasteiger partial charge on any atom is -0.453 e.